The van der Waals surface area contributed by atoms with E-state index < -0.39 is 0 Å². The van der Waals surface area contributed by atoms with Crippen LogP contribution in [0.5, 0.6) is 0 Å². The number of carbonyl (C=O) groups excluding carboxylic acids is 1. The highest BCUT2D eigenvalue weighted by Gasteiger charge is 2.25. The number of carbonyl (C=O) groups is 1. The number of hydrogen-bond donors (Lipinski definition) is 2. The fraction of sp³-hybridized carbons (Fsp3) is 0.389. The van der Waals surface area contributed by atoms with Crippen LogP contribution in [-0.4, -0.2) is 50.8 Å². The van der Waals surface area contributed by atoms with Crippen LogP contribution >= 0.6 is 0 Å². The van der Waals surface area contributed by atoms with Crippen LogP contribution in [0.3, 0.4) is 0 Å². The molecule has 0 spiro atoms. The maximum atomic E-state index is 12.9. The molecule has 0 bridgehead atoms. The Hall–Kier alpha value is -2.67. The fourth-order valence-electron chi connectivity index (χ4n) is 2.92. The van der Waals surface area contributed by atoms with Gasteiger partial charge in [0.1, 0.15) is 0 Å². The third kappa shape index (κ3) is 3.71. The van der Waals surface area contributed by atoms with Crippen molar-refractivity contribution in [1.82, 2.24) is 24.8 Å². The summed E-state index contributed by atoms with van der Waals surface area (Å²) in [5, 5.41) is 0. The highest BCUT2D eigenvalue weighted by Crippen LogP contribution is 2.21. The predicted molar refractivity (Wildman–Crippen MR) is 96.1 cm³/mol. The number of hydrogen-bond acceptors (Lipinski definition) is 5. The molecule has 0 saturated heterocycles. The Kier molecular flexibility index (Phi) is 5.14. The average Bonchev–Trinajstić information content (AvgIpc) is 3.11. The highest BCUT2D eigenvalue weighted by atomic mass is 16.2. The molecular weight excluding hydrogens is 316 g/mol. The molecule has 132 valence electrons. The van der Waals surface area contributed by atoms with Crippen molar-refractivity contribution in [3.8, 4) is 0 Å². The van der Waals surface area contributed by atoms with E-state index in [9.17, 15) is 4.79 Å². The van der Waals surface area contributed by atoms with E-state index in [0.717, 1.165) is 36.5 Å². The molecule has 1 aliphatic heterocycles. The van der Waals surface area contributed by atoms with Gasteiger partial charge in [-0.15, -0.1) is 0 Å². The quantitative estimate of drug-likeness (QED) is 0.797. The van der Waals surface area contributed by atoms with Crippen LogP contribution in [0.25, 0.3) is 5.57 Å². The number of pyridine rings is 1. The lowest BCUT2D eigenvalue weighted by molar-refractivity contribution is -0.126. The Labute approximate surface area is 147 Å². The SMILES string of the molecule is CCN(C)Cc1ccc(/C(=C\N)C(=O)N2CCc3nc[nH]c3C2)nc1. The molecule has 2 aromatic rings. The van der Waals surface area contributed by atoms with Crippen molar-refractivity contribution in [2.45, 2.75) is 26.4 Å². The maximum absolute atomic E-state index is 12.9. The number of H-pyrrole nitrogens is 1. The van der Waals surface area contributed by atoms with Crippen molar-refractivity contribution in [2.75, 3.05) is 20.1 Å². The van der Waals surface area contributed by atoms with Crippen molar-refractivity contribution in [1.29, 1.82) is 0 Å². The molecule has 1 aliphatic rings. The van der Waals surface area contributed by atoms with Crippen molar-refractivity contribution in [3.63, 3.8) is 0 Å². The van der Waals surface area contributed by atoms with Gasteiger partial charge in [0, 0.05) is 31.9 Å². The standard InChI is InChI=1S/C18H24N6O/c1-3-23(2)10-13-4-5-15(20-9-13)14(8-19)18(25)24-7-6-16-17(11-24)22-12-21-16/h4-5,8-9,12H,3,6-7,10-11,19H2,1-2H3,(H,21,22)/b14-8+. The number of rotatable bonds is 5. The smallest absolute Gasteiger partial charge is 0.257 e. The summed E-state index contributed by atoms with van der Waals surface area (Å²) in [6.07, 6.45) is 5.58. The topological polar surface area (TPSA) is 91.1 Å². The van der Waals surface area contributed by atoms with Crippen LogP contribution in [0.2, 0.25) is 0 Å². The number of aromatic nitrogens is 3. The van der Waals surface area contributed by atoms with E-state index in [1.807, 2.05) is 18.3 Å². The molecule has 0 atom stereocenters. The summed E-state index contributed by atoms with van der Waals surface area (Å²) in [6, 6.07) is 3.86. The monoisotopic (exact) mass is 340 g/mol. The van der Waals surface area contributed by atoms with Crippen molar-refractivity contribution in [2.24, 2.45) is 5.73 Å². The Morgan fingerprint density at radius 1 is 1.44 bits per heavy atom. The lowest BCUT2D eigenvalue weighted by atomic mass is 10.1. The summed E-state index contributed by atoms with van der Waals surface area (Å²) in [5.41, 5.74) is 9.91. The van der Waals surface area contributed by atoms with Crippen molar-refractivity contribution < 1.29 is 4.79 Å². The zero-order chi connectivity index (χ0) is 17.8. The van der Waals surface area contributed by atoms with Gasteiger partial charge in [-0.1, -0.05) is 13.0 Å². The second-order valence-electron chi connectivity index (χ2n) is 6.27. The van der Waals surface area contributed by atoms with Gasteiger partial charge in [-0.25, -0.2) is 4.98 Å². The average molecular weight is 340 g/mol. The number of amides is 1. The molecule has 25 heavy (non-hydrogen) atoms. The van der Waals surface area contributed by atoms with E-state index in [1.165, 1.54) is 6.20 Å². The lowest BCUT2D eigenvalue weighted by Gasteiger charge is -2.27. The number of nitrogens with one attached hydrogen (secondary N) is 1. The number of nitrogens with two attached hydrogens (primary N) is 1. The minimum absolute atomic E-state index is 0.103. The molecule has 2 aromatic heterocycles. The summed E-state index contributed by atoms with van der Waals surface area (Å²) in [6.45, 7) is 5.06. The zero-order valence-electron chi connectivity index (χ0n) is 14.7. The van der Waals surface area contributed by atoms with E-state index in [1.54, 1.807) is 11.2 Å². The molecule has 0 radical (unpaired) electrons. The number of imidazole rings is 1. The largest absolute Gasteiger partial charge is 0.404 e. The van der Waals surface area contributed by atoms with Crippen molar-refractivity contribution >= 4 is 11.5 Å². The summed E-state index contributed by atoms with van der Waals surface area (Å²) in [5.74, 6) is -0.103. The zero-order valence-corrected chi connectivity index (χ0v) is 14.7. The lowest BCUT2D eigenvalue weighted by Crippen LogP contribution is -2.36. The predicted octanol–water partition coefficient (Wildman–Crippen LogP) is 1.14. The van der Waals surface area contributed by atoms with E-state index in [4.69, 9.17) is 5.73 Å². The second kappa shape index (κ2) is 7.48. The third-order valence-corrected chi connectivity index (χ3v) is 4.55. The molecule has 1 amide bonds. The molecule has 0 aromatic carbocycles. The molecule has 0 unspecified atom stereocenters. The molecule has 3 N–H and O–H groups in total. The fourth-order valence-corrected chi connectivity index (χ4v) is 2.92. The first-order valence-electron chi connectivity index (χ1n) is 8.48. The number of nitrogens with zero attached hydrogens (tertiary/aromatic N) is 4. The van der Waals surface area contributed by atoms with Gasteiger partial charge in [-0.2, -0.15) is 0 Å². The van der Waals surface area contributed by atoms with E-state index in [-0.39, 0.29) is 5.91 Å². The second-order valence-corrected chi connectivity index (χ2v) is 6.27. The van der Waals surface area contributed by atoms with Gasteiger partial charge in [-0.3, -0.25) is 9.78 Å². The van der Waals surface area contributed by atoms with Gasteiger partial charge < -0.3 is 20.5 Å². The Balaban J connectivity index is 1.73. The summed E-state index contributed by atoms with van der Waals surface area (Å²) < 4.78 is 0. The summed E-state index contributed by atoms with van der Waals surface area (Å²) in [7, 11) is 2.06. The molecular formula is C18H24N6O. The van der Waals surface area contributed by atoms with Crippen LogP contribution in [0.4, 0.5) is 0 Å². The van der Waals surface area contributed by atoms with E-state index in [0.29, 0.717) is 24.4 Å². The highest BCUT2D eigenvalue weighted by molar-refractivity contribution is 6.18. The van der Waals surface area contributed by atoms with Crippen molar-refractivity contribution in [3.05, 3.63) is 53.5 Å². The van der Waals surface area contributed by atoms with E-state index >= 15 is 0 Å². The third-order valence-electron chi connectivity index (χ3n) is 4.55. The molecule has 0 fully saturated rings. The summed E-state index contributed by atoms with van der Waals surface area (Å²) in [4.78, 5) is 28.6. The van der Waals surface area contributed by atoms with Gasteiger partial charge in [-0.05, 0) is 25.2 Å². The van der Waals surface area contributed by atoms with Crippen LogP contribution < -0.4 is 5.73 Å². The van der Waals surface area contributed by atoms with Crippen LogP contribution in [-0.2, 0) is 24.3 Å². The van der Waals surface area contributed by atoms with Gasteiger partial charge in [0.15, 0.2) is 0 Å². The maximum Gasteiger partial charge on any atom is 0.257 e. The summed E-state index contributed by atoms with van der Waals surface area (Å²) >= 11 is 0. The molecule has 3 heterocycles. The number of aromatic amines is 1. The van der Waals surface area contributed by atoms with Gasteiger partial charge in [0.25, 0.3) is 5.91 Å². The first kappa shape index (κ1) is 17.2. The molecule has 3 rings (SSSR count). The van der Waals surface area contributed by atoms with Gasteiger partial charge in [0.05, 0.1) is 35.5 Å². The molecule has 0 saturated carbocycles. The first-order valence-corrected chi connectivity index (χ1v) is 8.48. The molecule has 7 nitrogen and oxygen atoms in total. The minimum Gasteiger partial charge on any atom is -0.404 e. The van der Waals surface area contributed by atoms with Crippen LogP contribution in [0, 0.1) is 0 Å². The van der Waals surface area contributed by atoms with Crippen LogP contribution in [0.1, 0.15) is 29.6 Å². The Morgan fingerprint density at radius 2 is 2.28 bits per heavy atom. The van der Waals surface area contributed by atoms with Gasteiger partial charge in [0.2, 0.25) is 0 Å². The Morgan fingerprint density at radius 3 is 2.96 bits per heavy atom. The Bertz CT molecular complexity index is 764. The molecule has 7 heteroatoms. The minimum atomic E-state index is -0.103. The molecule has 0 aliphatic carbocycles. The van der Waals surface area contributed by atoms with E-state index in [2.05, 4.69) is 33.8 Å². The normalized spacial score (nSPS) is 14.7. The number of fused-ring (bicyclic) bond motifs is 1. The van der Waals surface area contributed by atoms with Gasteiger partial charge >= 0.3 is 0 Å². The van der Waals surface area contributed by atoms with Crippen LogP contribution in [0.15, 0.2) is 30.9 Å². The first-order chi connectivity index (χ1) is 12.1.